The molecule has 9 heteroatoms. The summed E-state index contributed by atoms with van der Waals surface area (Å²) in [6, 6.07) is 6.80. The molecule has 3 rings (SSSR count). The van der Waals surface area contributed by atoms with Crippen LogP contribution < -0.4 is 0 Å². The fourth-order valence-electron chi connectivity index (χ4n) is 3.34. The fourth-order valence-corrected chi connectivity index (χ4v) is 3.34. The molecule has 1 aromatic heterocycles. The van der Waals surface area contributed by atoms with Gasteiger partial charge in [-0.25, -0.2) is 4.39 Å². The molecular weight excluding hydrogens is 404 g/mol. The summed E-state index contributed by atoms with van der Waals surface area (Å²) in [7, 11) is 0. The van der Waals surface area contributed by atoms with E-state index in [-0.39, 0.29) is 16.7 Å². The Labute approximate surface area is 169 Å². The summed E-state index contributed by atoms with van der Waals surface area (Å²) in [5.41, 5.74) is -2.89. The van der Waals surface area contributed by atoms with Crippen molar-refractivity contribution in [2.45, 2.75) is 25.1 Å². The lowest BCUT2D eigenvalue weighted by atomic mass is 9.90. The van der Waals surface area contributed by atoms with E-state index in [4.69, 9.17) is 0 Å². The van der Waals surface area contributed by atoms with Crippen molar-refractivity contribution >= 4 is 0 Å². The van der Waals surface area contributed by atoms with E-state index in [1.807, 2.05) is 0 Å². The van der Waals surface area contributed by atoms with Crippen LogP contribution in [0.3, 0.4) is 0 Å². The predicted molar refractivity (Wildman–Crippen MR) is 102 cm³/mol. The second-order valence-electron chi connectivity index (χ2n) is 6.96. The van der Waals surface area contributed by atoms with Gasteiger partial charge in [-0.2, -0.15) is 18.3 Å². The van der Waals surface area contributed by atoms with E-state index >= 15 is 0 Å². The number of aromatic hydroxyl groups is 1. The molecule has 160 valence electrons. The van der Waals surface area contributed by atoms with Gasteiger partial charge in [0.15, 0.2) is 0 Å². The second kappa shape index (κ2) is 8.08. The van der Waals surface area contributed by atoms with E-state index in [2.05, 4.69) is 5.10 Å². The molecule has 3 aromatic rings. The Balaban J connectivity index is 2.31. The summed E-state index contributed by atoms with van der Waals surface area (Å²) in [6.07, 6.45) is -2.01. The largest absolute Gasteiger partial charge is 0.507 e. The molecule has 0 aliphatic heterocycles. The molecule has 0 fully saturated rings. The first-order valence-corrected chi connectivity index (χ1v) is 9.13. The van der Waals surface area contributed by atoms with Crippen molar-refractivity contribution in [3.8, 4) is 28.0 Å². The van der Waals surface area contributed by atoms with Crippen molar-refractivity contribution in [3.05, 3.63) is 60.2 Å². The van der Waals surface area contributed by atoms with Gasteiger partial charge >= 0.3 is 6.18 Å². The van der Waals surface area contributed by atoms with E-state index < -0.39 is 47.6 Å². The van der Waals surface area contributed by atoms with Gasteiger partial charge in [0.05, 0.1) is 25.0 Å². The quantitative estimate of drug-likeness (QED) is 0.519. The van der Waals surface area contributed by atoms with Gasteiger partial charge in [0, 0.05) is 22.9 Å². The van der Waals surface area contributed by atoms with Crippen molar-refractivity contribution in [2.24, 2.45) is 0 Å². The average molecular weight is 424 g/mol. The summed E-state index contributed by atoms with van der Waals surface area (Å²) in [6.45, 7) is 0.806. The fraction of sp³-hybridized carbons (Fsp3) is 0.286. The van der Waals surface area contributed by atoms with E-state index in [0.717, 1.165) is 6.07 Å². The number of benzene rings is 2. The number of phenolic OH excluding ortho intramolecular Hbond substituents is 1. The average Bonchev–Trinajstić information content (AvgIpc) is 3.20. The van der Waals surface area contributed by atoms with Gasteiger partial charge in [-0.3, -0.25) is 4.68 Å². The van der Waals surface area contributed by atoms with Crippen LogP contribution in [0.25, 0.3) is 22.3 Å². The van der Waals surface area contributed by atoms with Crippen LogP contribution in [0, 0.1) is 5.82 Å². The normalized spacial score (nSPS) is 12.4. The lowest BCUT2D eigenvalue weighted by Crippen LogP contribution is -2.41. The Hall–Kier alpha value is -2.91. The van der Waals surface area contributed by atoms with Crippen molar-refractivity contribution in [3.63, 3.8) is 0 Å². The zero-order valence-corrected chi connectivity index (χ0v) is 16.0. The van der Waals surface area contributed by atoms with Crippen molar-refractivity contribution in [1.29, 1.82) is 0 Å². The maximum Gasteiger partial charge on any atom is 0.417 e. The summed E-state index contributed by atoms with van der Waals surface area (Å²) in [4.78, 5) is 0. The molecule has 0 unspecified atom stereocenters. The highest BCUT2D eigenvalue weighted by Gasteiger charge is 2.37. The predicted octanol–water partition coefficient (Wildman–Crippen LogP) is 4.17. The Kier molecular flexibility index (Phi) is 5.87. The van der Waals surface area contributed by atoms with Gasteiger partial charge in [-0.15, -0.1) is 0 Å². The molecule has 0 radical (unpaired) electrons. The third-order valence-electron chi connectivity index (χ3n) is 5.21. The monoisotopic (exact) mass is 424 g/mol. The highest BCUT2D eigenvalue weighted by molar-refractivity contribution is 5.88. The van der Waals surface area contributed by atoms with Crippen LogP contribution >= 0.6 is 0 Å². The number of phenols is 1. The molecule has 0 spiro atoms. The molecule has 1 heterocycles. The number of hydrogen-bond acceptors (Lipinski definition) is 4. The number of hydrogen-bond donors (Lipinski definition) is 3. The number of alkyl halides is 3. The first kappa shape index (κ1) is 21.8. The lowest BCUT2D eigenvalue weighted by molar-refractivity contribution is -0.137. The molecule has 0 bridgehead atoms. The Morgan fingerprint density at radius 2 is 1.70 bits per heavy atom. The van der Waals surface area contributed by atoms with Gasteiger partial charge in [0.25, 0.3) is 0 Å². The minimum atomic E-state index is -4.88. The van der Waals surface area contributed by atoms with Crippen LogP contribution in [-0.2, 0) is 11.7 Å². The zero-order chi connectivity index (χ0) is 22.1. The molecule has 2 aromatic carbocycles. The number of rotatable bonds is 6. The summed E-state index contributed by atoms with van der Waals surface area (Å²) in [5, 5.41) is 33.7. The first-order valence-electron chi connectivity index (χ1n) is 9.13. The molecule has 5 nitrogen and oxygen atoms in total. The Bertz CT molecular complexity index is 1030. The van der Waals surface area contributed by atoms with Gasteiger partial charge in [0.2, 0.25) is 0 Å². The molecule has 0 amide bonds. The topological polar surface area (TPSA) is 78.5 Å². The van der Waals surface area contributed by atoms with Gasteiger partial charge in [-0.1, -0.05) is 25.1 Å². The zero-order valence-electron chi connectivity index (χ0n) is 16.0. The molecule has 0 aliphatic carbocycles. The SMILES string of the molecule is CCC(CO)(CO)n1cc(-c2cc(F)cc(C(F)(F)F)c2-c2ccccc2O)cn1. The van der Waals surface area contributed by atoms with E-state index in [0.29, 0.717) is 12.5 Å². The Morgan fingerprint density at radius 1 is 1.03 bits per heavy atom. The highest BCUT2D eigenvalue weighted by atomic mass is 19.4. The van der Waals surface area contributed by atoms with Crippen molar-refractivity contribution in [1.82, 2.24) is 9.78 Å². The minimum Gasteiger partial charge on any atom is -0.507 e. The third kappa shape index (κ3) is 3.78. The van der Waals surface area contributed by atoms with E-state index in [1.165, 1.54) is 41.3 Å². The standard InChI is InChI=1S/C21H20F4N2O3/c1-2-20(11-28,12-29)27-10-13(9-26-27)16-7-14(22)8-17(21(23,24)25)19(16)15-5-3-4-6-18(15)30/h3-10,28-30H,2,11-12H2,1H3. The third-order valence-corrected chi connectivity index (χ3v) is 5.21. The van der Waals surface area contributed by atoms with Crippen molar-refractivity contribution in [2.75, 3.05) is 13.2 Å². The Morgan fingerprint density at radius 3 is 2.27 bits per heavy atom. The van der Waals surface area contributed by atoms with Crippen LogP contribution in [0.4, 0.5) is 17.6 Å². The van der Waals surface area contributed by atoms with Crippen LogP contribution in [0.1, 0.15) is 18.9 Å². The molecule has 30 heavy (non-hydrogen) atoms. The maximum absolute atomic E-state index is 14.2. The summed E-state index contributed by atoms with van der Waals surface area (Å²) < 4.78 is 56.8. The number of para-hydroxylation sites is 1. The smallest absolute Gasteiger partial charge is 0.417 e. The summed E-state index contributed by atoms with van der Waals surface area (Å²) in [5.74, 6) is -1.49. The van der Waals surface area contributed by atoms with Crippen LogP contribution in [0.2, 0.25) is 0 Å². The van der Waals surface area contributed by atoms with E-state index in [1.54, 1.807) is 6.92 Å². The number of halogens is 4. The maximum atomic E-state index is 14.2. The van der Waals surface area contributed by atoms with Gasteiger partial charge in [0.1, 0.15) is 17.1 Å². The summed E-state index contributed by atoms with van der Waals surface area (Å²) >= 11 is 0. The lowest BCUT2D eigenvalue weighted by Gasteiger charge is -2.28. The molecule has 3 N–H and O–H groups in total. The molecular formula is C21H20F4N2O3. The molecule has 0 atom stereocenters. The number of aromatic nitrogens is 2. The van der Waals surface area contributed by atoms with Gasteiger partial charge in [-0.05, 0) is 30.2 Å². The van der Waals surface area contributed by atoms with Gasteiger partial charge < -0.3 is 15.3 Å². The first-order chi connectivity index (χ1) is 14.2. The van der Waals surface area contributed by atoms with Crippen molar-refractivity contribution < 1.29 is 32.9 Å². The van der Waals surface area contributed by atoms with Crippen LogP contribution in [0.15, 0.2) is 48.8 Å². The van der Waals surface area contributed by atoms with E-state index in [9.17, 15) is 32.9 Å². The number of aliphatic hydroxyl groups excluding tert-OH is 2. The molecule has 0 saturated heterocycles. The van der Waals surface area contributed by atoms with Crippen LogP contribution in [0.5, 0.6) is 5.75 Å². The highest BCUT2D eigenvalue weighted by Crippen LogP contribution is 2.45. The molecule has 0 saturated carbocycles. The van der Waals surface area contributed by atoms with Crippen LogP contribution in [-0.4, -0.2) is 38.3 Å². The second-order valence-corrected chi connectivity index (χ2v) is 6.96. The number of nitrogens with zero attached hydrogens (tertiary/aromatic N) is 2. The number of aliphatic hydroxyl groups is 2. The minimum absolute atomic E-state index is 0.112. The molecule has 0 aliphatic rings.